The van der Waals surface area contributed by atoms with Gasteiger partial charge in [-0.05, 0) is 42.8 Å². The number of likely N-dealkylation sites (N-methyl/N-ethyl adjacent to an activating group) is 1. The summed E-state index contributed by atoms with van der Waals surface area (Å²) in [7, 11) is 1.60. The SMILES string of the molecule is CCN1C(=O)/C(=C\c2cccc(OC)c2)Oc2cc(N)ccc21. The van der Waals surface area contributed by atoms with Gasteiger partial charge in [-0.3, -0.25) is 4.79 Å². The van der Waals surface area contributed by atoms with Gasteiger partial charge in [-0.2, -0.15) is 0 Å². The quantitative estimate of drug-likeness (QED) is 0.699. The van der Waals surface area contributed by atoms with Gasteiger partial charge in [0.15, 0.2) is 11.5 Å². The number of methoxy groups -OCH3 is 1. The Morgan fingerprint density at radius 3 is 2.83 bits per heavy atom. The zero-order valence-corrected chi connectivity index (χ0v) is 13.1. The molecule has 0 saturated heterocycles. The van der Waals surface area contributed by atoms with E-state index in [9.17, 15) is 4.79 Å². The smallest absolute Gasteiger partial charge is 0.294 e. The van der Waals surface area contributed by atoms with Crippen molar-refractivity contribution in [3.8, 4) is 11.5 Å². The summed E-state index contributed by atoms with van der Waals surface area (Å²) in [5.74, 6) is 1.39. The number of hydrogen-bond acceptors (Lipinski definition) is 4. The van der Waals surface area contributed by atoms with Crippen LogP contribution >= 0.6 is 0 Å². The van der Waals surface area contributed by atoms with E-state index in [4.69, 9.17) is 15.2 Å². The fraction of sp³-hybridized carbons (Fsp3) is 0.167. The molecule has 5 heteroatoms. The Labute approximate surface area is 134 Å². The maximum Gasteiger partial charge on any atom is 0.294 e. The fourth-order valence-electron chi connectivity index (χ4n) is 2.53. The van der Waals surface area contributed by atoms with Crippen molar-refractivity contribution in [2.45, 2.75) is 6.92 Å². The minimum Gasteiger partial charge on any atom is -0.497 e. The highest BCUT2D eigenvalue weighted by Crippen LogP contribution is 2.37. The lowest BCUT2D eigenvalue weighted by Crippen LogP contribution is -2.37. The van der Waals surface area contributed by atoms with Gasteiger partial charge >= 0.3 is 0 Å². The minimum absolute atomic E-state index is 0.174. The lowest BCUT2D eigenvalue weighted by molar-refractivity contribution is -0.117. The molecule has 0 radical (unpaired) electrons. The molecule has 2 aromatic carbocycles. The number of nitrogens with zero attached hydrogens (tertiary/aromatic N) is 1. The zero-order valence-electron chi connectivity index (χ0n) is 13.1. The Bertz CT molecular complexity index is 784. The van der Waals surface area contributed by atoms with Crippen LogP contribution in [0.15, 0.2) is 48.2 Å². The van der Waals surface area contributed by atoms with Crippen molar-refractivity contribution in [3.63, 3.8) is 0 Å². The Kier molecular flexibility index (Phi) is 3.93. The van der Waals surface area contributed by atoms with Crippen molar-refractivity contribution in [2.24, 2.45) is 0 Å². The van der Waals surface area contributed by atoms with Crippen LogP contribution in [-0.4, -0.2) is 19.6 Å². The maximum absolute atomic E-state index is 12.6. The number of carbonyl (C=O) groups is 1. The molecule has 0 aromatic heterocycles. The van der Waals surface area contributed by atoms with Crippen LogP contribution in [0.4, 0.5) is 11.4 Å². The Morgan fingerprint density at radius 2 is 2.09 bits per heavy atom. The van der Waals surface area contributed by atoms with E-state index < -0.39 is 0 Å². The average Bonchev–Trinajstić information content (AvgIpc) is 2.56. The third-order valence-electron chi connectivity index (χ3n) is 3.66. The van der Waals surface area contributed by atoms with Gasteiger partial charge in [-0.15, -0.1) is 0 Å². The van der Waals surface area contributed by atoms with Crippen LogP contribution in [0.1, 0.15) is 12.5 Å². The molecule has 118 valence electrons. The minimum atomic E-state index is -0.174. The molecule has 0 fully saturated rings. The summed E-state index contributed by atoms with van der Waals surface area (Å²) in [4.78, 5) is 14.3. The first-order valence-corrected chi connectivity index (χ1v) is 7.37. The van der Waals surface area contributed by atoms with Gasteiger partial charge in [0.25, 0.3) is 5.91 Å². The number of amides is 1. The number of anilines is 2. The number of fused-ring (bicyclic) bond motifs is 1. The van der Waals surface area contributed by atoms with E-state index in [0.29, 0.717) is 18.0 Å². The average molecular weight is 310 g/mol. The number of nitrogens with two attached hydrogens (primary N) is 1. The van der Waals surface area contributed by atoms with E-state index in [2.05, 4.69) is 0 Å². The highest BCUT2D eigenvalue weighted by Gasteiger charge is 2.29. The van der Waals surface area contributed by atoms with Gasteiger partial charge in [0.1, 0.15) is 5.75 Å². The standard InChI is InChI=1S/C18H18N2O3/c1-3-20-15-8-7-13(19)11-16(15)23-17(18(20)21)10-12-5-4-6-14(9-12)22-2/h4-11H,3,19H2,1-2H3/b17-10+. The van der Waals surface area contributed by atoms with Gasteiger partial charge < -0.3 is 20.1 Å². The first-order valence-electron chi connectivity index (χ1n) is 7.37. The molecule has 2 aromatic rings. The normalized spacial score (nSPS) is 15.3. The maximum atomic E-state index is 12.6. The molecule has 0 aliphatic carbocycles. The first-order chi connectivity index (χ1) is 11.1. The van der Waals surface area contributed by atoms with Crippen molar-refractivity contribution < 1.29 is 14.3 Å². The van der Waals surface area contributed by atoms with E-state index >= 15 is 0 Å². The van der Waals surface area contributed by atoms with Crippen molar-refractivity contribution >= 4 is 23.4 Å². The van der Waals surface area contributed by atoms with Gasteiger partial charge in [0.2, 0.25) is 0 Å². The molecule has 0 atom stereocenters. The van der Waals surface area contributed by atoms with Crippen LogP contribution in [-0.2, 0) is 4.79 Å². The molecule has 1 amide bonds. The van der Waals surface area contributed by atoms with Crippen LogP contribution in [0.3, 0.4) is 0 Å². The molecule has 1 aliphatic rings. The van der Waals surface area contributed by atoms with Crippen LogP contribution in [0, 0.1) is 0 Å². The van der Waals surface area contributed by atoms with E-state index in [1.807, 2.05) is 31.2 Å². The molecule has 2 N–H and O–H groups in total. The Morgan fingerprint density at radius 1 is 1.26 bits per heavy atom. The van der Waals surface area contributed by atoms with E-state index in [-0.39, 0.29) is 11.7 Å². The van der Waals surface area contributed by atoms with Gasteiger partial charge in [-0.25, -0.2) is 0 Å². The van der Waals surface area contributed by atoms with Crippen molar-refractivity contribution in [3.05, 3.63) is 53.8 Å². The number of hydrogen-bond donors (Lipinski definition) is 1. The van der Waals surface area contributed by atoms with E-state index in [0.717, 1.165) is 17.0 Å². The van der Waals surface area contributed by atoms with E-state index in [1.165, 1.54) is 0 Å². The summed E-state index contributed by atoms with van der Waals surface area (Å²) in [6, 6.07) is 12.7. The fourth-order valence-corrected chi connectivity index (χ4v) is 2.53. The molecular formula is C18H18N2O3. The van der Waals surface area contributed by atoms with Gasteiger partial charge in [-0.1, -0.05) is 12.1 Å². The topological polar surface area (TPSA) is 64.8 Å². The van der Waals surface area contributed by atoms with Gasteiger partial charge in [0.05, 0.1) is 12.8 Å². The molecule has 1 heterocycles. The molecule has 0 unspecified atom stereocenters. The summed E-state index contributed by atoms with van der Waals surface area (Å²) < 4.78 is 11.0. The van der Waals surface area contributed by atoms with Crippen LogP contribution in [0.25, 0.3) is 6.08 Å². The molecule has 23 heavy (non-hydrogen) atoms. The van der Waals surface area contributed by atoms with Crippen molar-refractivity contribution in [2.75, 3.05) is 24.3 Å². The first kappa shape index (κ1) is 15.0. The second-order valence-corrected chi connectivity index (χ2v) is 5.16. The number of benzene rings is 2. The number of rotatable bonds is 3. The summed E-state index contributed by atoms with van der Waals surface area (Å²) in [6.45, 7) is 2.47. The summed E-state index contributed by atoms with van der Waals surface area (Å²) >= 11 is 0. The van der Waals surface area contributed by atoms with Crippen LogP contribution in [0.5, 0.6) is 11.5 Å². The van der Waals surface area contributed by atoms with Crippen molar-refractivity contribution in [1.82, 2.24) is 0 Å². The van der Waals surface area contributed by atoms with Crippen LogP contribution in [0.2, 0.25) is 0 Å². The third kappa shape index (κ3) is 2.85. The predicted molar refractivity (Wildman–Crippen MR) is 90.5 cm³/mol. The molecule has 1 aliphatic heterocycles. The summed E-state index contributed by atoms with van der Waals surface area (Å²) in [5, 5.41) is 0. The Balaban J connectivity index is 2.03. The molecular weight excluding hydrogens is 292 g/mol. The third-order valence-corrected chi connectivity index (χ3v) is 3.66. The molecule has 5 nitrogen and oxygen atoms in total. The summed E-state index contributed by atoms with van der Waals surface area (Å²) in [6.07, 6.45) is 1.71. The van der Waals surface area contributed by atoms with Gasteiger partial charge in [0, 0.05) is 18.3 Å². The molecule has 3 rings (SSSR count). The van der Waals surface area contributed by atoms with Crippen molar-refractivity contribution in [1.29, 1.82) is 0 Å². The molecule has 0 bridgehead atoms. The molecule has 0 saturated carbocycles. The number of carbonyl (C=O) groups excluding carboxylic acids is 1. The highest BCUT2D eigenvalue weighted by molar-refractivity contribution is 6.10. The second-order valence-electron chi connectivity index (χ2n) is 5.16. The zero-order chi connectivity index (χ0) is 16.4. The number of ether oxygens (including phenoxy) is 2. The lowest BCUT2D eigenvalue weighted by Gasteiger charge is -2.29. The van der Waals surface area contributed by atoms with E-state index in [1.54, 1.807) is 36.3 Å². The number of nitrogen functional groups attached to an aromatic ring is 1. The summed E-state index contributed by atoms with van der Waals surface area (Å²) in [5.41, 5.74) is 7.97. The lowest BCUT2D eigenvalue weighted by atomic mass is 10.1. The largest absolute Gasteiger partial charge is 0.497 e. The monoisotopic (exact) mass is 310 g/mol. The second kappa shape index (κ2) is 6.04. The molecule has 0 spiro atoms. The predicted octanol–water partition coefficient (Wildman–Crippen LogP) is 3.06. The highest BCUT2D eigenvalue weighted by atomic mass is 16.5. The Hall–Kier alpha value is -2.95. The van der Waals surface area contributed by atoms with Crippen LogP contribution < -0.4 is 20.1 Å².